The van der Waals surface area contributed by atoms with Crippen LogP contribution in [0.15, 0.2) is 49.1 Å². The highest BCUT2D eigenvalue weighted by atomic mass is 35.5. The van der Waals surface area contributed by atoms with Crippen LogP contribution in [-0.4, -0.2) is 107 Å². The number of nitrogens with zero attached hydrogens (tertiary/aromatic N) is 3. The second-order valence-electron chi connectivity index (χ2n) is 16.4. The summed E-state index contributed by atoms with van der Waals surface area (Å²) >= 11 is 6.42. The summed E-state index contributed by atoms with van der Waals surface area (Å²) < 4.78 is 49.4. The number of benzene rings is 2. The van der Waals surface area contributed by atoms with E-state index in [0.29, 0.717) is 48.8 Å². The lowest BCUT2D eigenvalue weighted by Crippen LogP contribution is -2.63. The van der Waals surface area contributed by atoms with Crippen LogP contribution < -0.4 is 14.4 Å². The van der Waals surface area contributed by atoms with Crippen molar-refractivity contribution in [1.29, 1.82) is 0 Å². The van der Waals surface area contributed by atoms with Gasteiger partial charge in [0.1, 0.15) is 12.4 Å². The predicted octanol–water partition coefficient (Wildman–Crippen LogP) is 6.31. The Morgan fingerprint density at radius 3 is 2.70 bits per heavy atom. The van der Waals surface area contributed by atoms with Crippen molar-refractivity contribution >= 4 is 33.2 Å². The fraction of sp³-hybridized carbons (Fsp3) is 0.643. The highest BCUT2D eigenvalue weighted by molar-refractivity contribution is 7.90. The Bertz CT molecular complexity index is 1760. The number of carbonyl (C=O) groups excluding carboxylic acids is 1. The Balaban J connectivity index is 1.25. The van der Waals surface area contributed by atoms with Crippen molar-refractivity contribution < 1.29 is 27.4 Å². The fourth-order valence-electron chi connectivity index (χ4n) is 9.55. The van der Waals surface area contributed by atoms with Gasteiger partial charge in [0.05, 0.1) is 36.4 Å². The molecule has 54 heavy (non-hydrogen) atoms. The standard InChI is InChI=1S/C42H59ClN4O6S/c1-4-21-53-42(29-45-18-19-46-20-22-51-28-37(46)26-45)16-7-8-30(2)31(3)54(49,50)44-41(48)33-12-15-40-39(24-33)47(25-34-11-14-38(34)42)17-6-5-9-32-23-36(43)13-10-35(32)27-52-40/h4,10,12-13,15,23-24,30-31,34,37-38H,1,5-9,11,14,16-22,25-29H2,2-3H3,(H,44,48)/t30-,31+,34-,37-,38-,42-/m0/s1. The van der Waals surface area contributed by atoms with Crippen molar-refractivity contribution in [3.05, 3.63) is 70.8 Å². The molecule has 2 aromatic carbocycles. The van der Waals surface area contributed by atoms with Crippen LogP contribution in [0.5, 0.6) is 5.75 Å². The quantitative estimate of drug-likeness (QED) is 0.350. The molecule has 10 nitrogen and oxygen atoms in total. The van der Waals surface area contributed by atoms with Crippen LogP contribution in [0.2, 0.25) is 5.02 Å². The average Bonchev–Trinajstić information content (AvgIpc) is 3.17. The Morgan fingerprint density at radius 1 is 1.02 bits per heavy atom. The van der Waals surface area contributed by atoms with Crippen LogP contribution in [0.4, 0.5) is 5.69 Å². The van der Waals surface area contributed by atoms with Gasteiger partial charge in [0.25, 0.3) is 5.91 Å². The van der Waals surface area contributed by atoms with E-state index in [4.69, 9.17) is 25.8 Å². The largest absolute Gasteiger partial charge is 0.487 e. The van der Waals surface area contributed by atoms with E-state index in [2.05, 4.69) is 26.0 Å². The second-order valence-corrected chi connectivity index (χ2v) is 18.9. The van der Waals surface area contributed by atoms with Crippen molar-refractivity contribution in [3.63, 3.8) is 0 Å². The molecule has 0 unspecified atom stereocenters. The molecule has 0 radical (unpaired) electrons. The molecule has 3 fully saturated rings. The van der Waals surface area contributed by atoms with Crippen molar-refractivity contribution in [2.75, 3.05) is 70.5 Å². The van der Waals surface area contributed by atoms with E-state index in [1.807, 2.05) is 43.3 Å². The van der Waals surface area contributed by atoms with Crippen molar-refractivity contribution in [1.82, 2.24) is 14.5 Å². The van der Waals surface area contributed by atoms with Crippen LogP contribution >= 0.6 is 11.6 Å². The molecule has 0 spiro atoms. The number of hydrogen-bond donors (Lipinski definition) is 1. The number of nitrogens with one attached hydrogen (secondary N) is 1. The molecule has 4 heterocycles. The van der Waals surface area contributed by atoms with Crippen LogP contribution in [-0.2, 0) is 32.5 Å². The van der Waals surface area contributed by atoms with E-state index in [1.54, 1.807) is 13.0 Å². The van der Waals surface area contributed by atoms with Crippen molar-refractivity contribution in [2.45, 2.75) is 88.7 Å². The monoisotopic (exact) mass is 782 g/mol. The Morgan fingerprint density at radius 2 is 1.89 bits per heavy atom. The van der Waals surface area contributed by atoms with E-state index in [9.17, 15) is 13.2 Å². The lowest BCUT2D eigenvalue weighted by molar-refractivity contribution is -0.150. The van der Waals surface area contributed by atoms with E-state index < -0.39 is 26.8 Å². The molecule has 1 saturated carbocycles. The van der Waals surface area contributed by atoms with E-state index in [1.165, 1.54) is 5.56 Å². The zero-order valence-electron chi connectivity index (χ0n) is 32.1. The van der Waals surface area contributed by atoms with Gasteiger partial charge in [0, 0.05) is 62.4 Å². The maximum Gasteiger partial charge on any atom is 0.264 e. The molecule has 12 heteroatoms. The first kappa shape index (κ1) is 39.6. The molecular formula is C42H59ClN4O6S. The average molecular weight is 783 g/mol. The number of fused-ring (bicyclic) bond motifs is 4. The summed E-state index contributed by atoms with van der Waals surface area (Å²) in [6.45, 7) is 16.5. The van der Waals surface area contributed by atoms with Gasteiger partial charge in [0.15, 0.2) is 0 Å². The highest BCUT2D eigenvalue weighted by Gasteiger charge is 2.50. The maximum absolute atomic E-state index is 13.7. The third-order valence-electron chi connectivity index (χ3n) is 13.1. The van der Waals surface area contributed by atoms with Gasteiger partial charge in [-0.1, -0.05) is 37.1 Å². The number of hydrogen-bond acceptors (Lipinski definition) is 9. The predicted molar refractivity (Wildman–Crippen MR) is 214 cm³/mol. The molecule has 2 bridgehead atoms. The first-order valence-electron chi connectivity index (χ1n) is 20.2. The molecule has 7 rings (SSSR count). The molecule has 2 aromatic rings. The number of anilines is 1. The van der Waals surface area contributed by atoms with E-state index in [-0.39, 0.29) is 5.92 Å². The van der Waals surface area contributed by atoms with Gasteiger partial charge in [-0.15, -0.1) is 6.58 Å². The second kappa shape index (κ2) is 17.2. The van der Waals surface area contributed by atoms with Crippen LogP contribution in [0.1, 0.15) is 80.3 Å². The van der Waals surface area contributed by atoms with Gasteiger partial charge in [-0.05, 0) is 111 Å². The summed E-state index contributed by atoms with van der Waals surface area (Å²) in [5, 5.41) is -0.0292. The first-order valence-corrected chi connectivity index (χ1v) is 22.1. The number of aryl methyl sites for hydroxylation is 1. The number of rotatable bonds is 5. The van der Waals surface area contributed by atoms with Gasteiger partial charge in [-0.3, -0.25) is 14.6 Å². The van der Waals surface area contributed by atoms with Gasteiger partial charge in [-0.2, -0.15) is 0 Å². The van der Waals surface area contributed by atoms with Gasteiger partial charge in [-0.25, -0.2) is 13.1 Å². The molecule has 1 amide bonds. The Labute approximate surface area is 327 Å². The summed E-state index contributed by atoms with van der Waals surface area (Å²) in [5.41, 5.74) is 2.99. The van der Waals surface area contributed by atoms with Crippen LogP contribution in [0.3, 0.4) is 0 Å². The van der Waals surface area contributed by atoms with Gasteiger partial charge < -0.3 is 19.1 Å². The fourth-order valence-corrected chi connectivity index (χ4v) is 11.1. The molecule has 0 aromatic heterocycles. The van der Waals surface area contributed by atoms with Gasteiger partial charge in [0.2, 0.25) is 10.0 Å². The third-order valence-corrected chi connectivity index (χ3v) is 15.2. The Hall–Kier alpha value is -2.67. The molecule has 1 N–H and O–H groups in total. The molecule has 296 valence electrons. The lowest BCUT2D eigenvalue weighted by atomic mass is 9.62. The topological polar surface area (TPSA) is 101 Å². The summed E-state index contributed by atoms with van der Waals surface area (Å²) in [7, 11) is -3.95. The van der Waals surface area contributed by atoms with Crippen LogP contribution in [0.25, 0.3) is 0 Å². The third kappa shape index (κ3) is 8.82. The minimum absolute atomic E-state index is 0.158. The first-order chi connectivity index (χ1) is 26.0. The molecular weight excluding hydrogens is 724 g/mol. The molecule has 2 saturated heterocycles. The molecule has 6 atom stereocenters. The highest BCUT2D eigenvalue weighted by Crippen LogP contribution is 2.48. The molecule has 5 aliphatic rings. The number of morpholine rings is 1. The van der Waals surface area contributed by atoms with E-state index >= 15 is 0 Å². The normalized spacial score (nSPS) is 31.3. The van der Waals surface area contributed by atoms with Crippen molar-refractivity contribution in [2.24, 2.45) is 17.8 Å². The Kier molecular flexibility index (Phi) is 12.6. The molecule has 4 aliphatic heterocycles. The minimum Gasteiger partial charge on any atom is -0.487 e. The summed E-state index contributed by atoms with van der Waals surface area (Å²) in [5.74, 6) is 0.584. The number of amides is 1. The number of carbonyl (C=O) groups is 1. The van der Waals surface area contributed by atoms with E-state index in [0.717, 1.165) is 120 Å². The number of ether oxygens (including phenoxy) is 3. The molecule has 1 aliphatic carbocycles. The zero-order valence-corrected chi connectivity index (χ0v) is 33.7. The van der Waals surface area contributed by atoms with Crippen molar-refractivity contribution in [3.8, 4) is 5.75 Å². The lowest BCUT2D eigenvalue weighted by Gasteiger charge is -2.54. The zero-order chi connectivity index (χ0) is 37.9. The number of piperazine rings is 1. The number of sulfonamides is 1. The van der Waals surface area contributed by atoms with Crippen LogP contribution in [0, 0.1) is 17.8 Å². The summed E-state index contributed by atoms with van der Waals surface area (Å²) in [6, 6.07) is 11.7. The summed E-state index contributed by atoms with van der Waals surface area (Å²) in [6.07, 6.45) is 9.23. The van der Waals surface area contributed by atoms with Gasteiger partial charge >= 0.3 is 0 Å². The smallest absolute Gasteiger partial charge is 0.264 e. The minimum atomic E-state index is -3.95. The SMILES string of the molecule is C=CCO[C@]1(CN2CCN3CCOC[C@@H]3C2)CCC[C@H](C)[C@@H](C)S(=O)(=O)NC(=O)c2ccc3c(c2)N(CCCCc2cc(Cl)ccc2CO3)C[C@@H]2CC[C@@H]21. The maximum atomic E-state index is 13.7. The summed E-state index contributed by atoms with van der Waals surface area (Å²) in [4.78, 5) is 21.2. The number of halogens is 1.